The largest absolute Gasteiger partial charge is 0.497 e. The third-order valence-electron chi connectivity index (χ3n) is 5.97. The van der Waals surface area contributed by atoms with E-state index in [2.05, 4.69) is 0 Å². The van der Waals surface area contributed by atoms with E-state index in [1.54, 1.807) is 18.2 Å². The number of aryl methyl sites for hydroxylation is 3. The van der Waals surface area contributed by atoms with Crippen LogP contribution in [0, 0.1) is 20.8 Å². The molecule has 2 aromatic rings. The number of carbonyl (C=O) groups excluding carboxylic acids is 2. The van der Waals surface area contributed by atoms with Crippen molar-refractivity contribution in [2.24, 2.45) is 0 Å². The van der Waals surface area contributed by atoms with Gasteiger partial charge in [-0.1, -0.05) is 30.5 Å². The zero-order valence-electron chi connectivity index (χ0n) is 18.2. The van der Waals surface area contributed by atoms with E-state index >= 15 is 0 Å². The summed E-state index contributed by atoms with van der Waals surface area (Å²) in [6.45, 7) is 5.67. The minimum atomic E-state index is -2.46. The minimum absolute atomic E-state index is 0.281. The third-order valence-corrected chi connectivity index (χ3v) is 7.99. The van der Waals surface area contributed by atoms with Gasteiger partial charge in [0.05, 0.1) is 19.8 Å². The number of Topliss-reactive ketones (excluding diaryl/α,β-unsaturated/α-hetero) is 1. The highest BCUT2D eigenvalue weighted by molar-refractivity contribution is 7.67. The van der Waals surface area contributed by atoms with Crippen LogP contribution in [0.4, 0.5) is 0 Å². The first-order valence-electron chi connectivity index (χ1n) is 10.1. The summed E-state index contributed by atoms with van der Waals surface area (Å²) in [6.07, 6.45) is 2.41. The summed E-state index contributed by atoms with van der Waals surface area (Å²) in [6, 6.07) is 8.79. The molecule has 0 bridgehead atoms. The van der Waals surface area contributed by atoms with Crippen LogP contribution in [-0.4, -0.2) is 30.7 Å². The quantitative estimate of drug-likeness (QED) is 0.413. The molecule has 1 saturated carbocycles. The number of hydrogen-bond donors (Lipinski definition) is 0. The molecular weight excluding hydrogens is 399 g/mol. The Balaban J connectivity index is 2.06. The van der Waals surface area contributed by atoms with Gasteiger partial charge < -0.3 is 9.47 Å². The van der Waals surface area contributed by atoms with Crippen LogP contribution >= 0.6 is 7.80 Å². The average Bonchev–Trinajstić information content (AvgIpc) is 3.22. The summed E-state index contributed by atoms with van der Waals surface area (Å²) in [5, 5.41) is -1.20. The van der Waals surface area contributed by atoms with Crippen molar-refractivity contribution in [3.63, 3.8) is 0 Å². The lowest BCUT2D eigenvalue weighted by Gasteiger charge is -2.27. The first-order valence-corrected chi connectivity index (χ1v) is 11.4. The number of carbonyl (C=O) groups is 2. The van der Waals surface area contributed by atoms with Crippen molar-refractivity contribution in [2.45, 2.75) is 51.6 Å². The van der Waals surface area contributed by atoms with E-state index in [4.69, 9.17) is 9.47 Å². The highest BCUT2D eigenvalue weighted by Crippen LogP contribution is 2.55. The predicted molar refractivity (Wildman–Crippen MR) is 118 cm³/mol. The van der Waals surface area contributed by atoms with E-state index in [0.29, 0.717) is 35.5 Å². The molecule has 1 radical (unpaired) electrons. The number of ketones is 1. The van der Waals surface area contributed by atoms with Crippen molar-refractivity contribution in [1.29, 1.82) is 0 Å². The fourth-order valence-electron chi connectivity index (χ4n) is 4.53. The van der Waals surface area contributed by atoms with Gasteiger partial charge in [0, 0.05) is 11.6 Å². The maximum absolute atomic E-state index is 13.7. The molecule has 0 heterocycles. The molecule has 30 heavy (non-hydrogen) atoms. The van der Waals surface area contributed by atoms with Gasteiger partial charge in [0.15, 0.2) is 13.6 Å². The Bertz CT molecular complexity index is 995. The second-order valence-electron chi connectivity index (χ2n) is 8.01. The van der Waals surface area contributed by atoms with Crippen LogP contribution in [0.2, 0.25) is 0 Å². The molecule has 0 amide bonds. The molecule has 1 fully saturated rings. The Kier molecular flexibility index (Phi) is 6.42. The number of ether oxygens (including phenoxy) is 2. The van der Waals surface area contributed by atoms with E-state index in [9.17, 15) is 14.2 Å². The highest BCUT2D eigenvalue weighted by atomic mass is 31.1. The van der Waals surface area contributed by atoms with Crippen LogP contribution in [0.5, 0.6) is 11.5 Å². The molecule has 0 spiro atoms. The van der Waals surface area contributed by atoms with E-state index in [1.807, 2.05) is 32.9 Å². The van der Waals surface area contributed by atoms with E-state index in [1.165, 1.54) is 14.2 Å². The van der Waals surface area contributed by atoms with Gasteiger partial charge in [-0.3, -0.25) is 14.2 Å². The van der Waals surface area contributed by atoms with Gasteiger partial charge in [0.1, 0.15) is 16.7 Å². The van der Waals surface area contributed by atoms with Gasteiger partial charge >= 0.3 is 0 Å². The van der Waals surface area contributed by atoms with Crippen LogP contribution in [0.1, 0.15) is 63.1 Å². The van der Waals surface area contributed by atoms with Crippen molar-refractivity contribution in [2.75, 3.05) is 14.2 Å². The summed E-state index contributed by atoms with van der Waals surface area (Å²) in [4.78, 5) is 27.1. The van der Waals surface area contributed by atoms with Gasteiger partial charge in [0.25, 0.3) is 0 Å². The smallest absolute Gasteiger partial charge is 0.243 e. The fourth-order valence-corrected chi connectivity index (χ4v) is 6.50. The Morgan fingerprint density at radius 1 is 0.933 bits per heavy atom. The molecule has 0 saturated heterocycles. The SMILES string of the molecule is COc1ccc(C(=O)C2([P](=O)C(=O)c3c(C)cc(C)cc3C)CCCC2)c(OC)c1. The van der Waals surface area contributed by atoms with Crippen molar-refractivity contribution in [1.82, 2.24) is 0 Å². The minimum Gasteiger partial charge on any atom is -0.497 e. The predicted octanol–water partition coefficient (Wildman–Crippen LogP) is 5.79. The molecule has 1 aliphatic rings. The molecule has 3 rings (SSSR count). The van der Waals surface area contributed by atoms with Crippen LogP contribution < -0.4 is 9.47 Å². The topological polar surface area (TPSA) is 69.7 Å². The monoisotopic (exact) mass is 427 g/mol. The number of benzene rings is 2. The molecule has 6 heteroatoms. The molecule has 0 N–H and O–H groups in total. The highest BCUT2D eigenvalue weighted by Gasteiger charge is 2.51. The van der Waals surface area contributed by atoms with E-state index < -0.39 is 18.5 Å². The molecule has 0 aromatic heterocycles. The van der Waals surface area contributed by atoms with E-state index in [-0.39, 0.29) is 5.78 Å². The Labute approximate surface area is 178 Å². The summed E-state index contributed by atoms with van der Waals surface area (Å²) >= 11 is 0. The maximum Gasteiger partial charge on any atom is 0.243 e. The molecule has 0 aliphatic heterocycles. The number of rotatable bonds is 7. The molecule has 1 aliphatic carbocycles. The third kappa shape index (κ3) is 3.79. The second kappa shape index (κ2) is 8.69. The van der Waals surface area contributed by atoms with E-state index in [0.717, 1.165) is 29.5 Å². The summed E-state index contributed by atoms with van der Waals surface area (Å²) in [7, 11) is 0.559. The van der Waals surface area contributed by atoms with Crippen molar-refractivity contribution < 1.29 is 23.6 Å². The van der Waals surface area contributed by atoms with Gasteiger partial charge in [-0.2, -0.15) is 0 Å². The van der Waals surface area contributed by atoms with Gasteiger partial charge in [-0.25, -0.2) is 0 Å². The molecule has 5 nitrogen and oxygen atoms in total. The Morgan fingerprint density at radius 3 is 2.07 bits per heavy atom. The standard InChI is InChI=1S/C24H28O5P/c1-15-12-16(2)21(17(3)13-15)23(26)30(27)24(10-6-7-11-24)22(25)19-9-8-18(28-4)14-20(19)29-5/h8-9,12-14H,6-7,10-11H2,1-5H3. The summed E-state index contributed by atoms with van der Waals surface area (Å²) < 4.78 is 24.3. The van der Waals surface area contributed by atoms with Gasteiger partial charge in [-0.15, -0.1) is 0 Å². The number of hydrogen-bond acceptors (Lipinski definition) is 5. The Hall–Kier alpha value is -2.52. The van der Waals surface area contributed by atoms with Gasteiger partial charge in [0.2, 0.25) is 5.52 Å². The lowest BCUT2D eigenvalue weighted by atomic mass is 9.94. The summed E-state index contributed by atoms with van der Waals surface area (Å²) in [5.41, 5.74) is 3.03. The van der Waals surface area contributed by atoms with Crippen LogP contribution in [0.25, 0.3) is 0 Å². The maximum atomic E-state index is 13.7. The molecule has 1 atom stereocenters. The Morgan fingerprint density at radius 2 is 1.53 bits per heavy atom. The van der Waals surface area contributed by atoms with Crippen molar-refractivity contribution in [3.05, 3.63) is 58.1 Å². The average molecular weight is 427 g/mol. The first kappa shape index (κ1) is 22.2. The number of methoxy groups -OCH3 is 2. The normalized spacial score (nSPS) is 15.6. The van der Waals surface area contributed by atoms with Crippen LogP contribution in [-0.2, 0) is 4.57 Å². The first-order chi connectivity index (χ1) is 14.2. The van der Waals surface area contributed by atoms with Crippen molar-refractivity contribution >= 4 is 19.1 Å². The molecule has 159 valence electrons. The van der Waals surface area contributed by atoms with Gasteiger partial charge in [-0.05, 0) is 56.9 Å². The van der Waals surface area contributed by atoms with Crippen LogP contribution in [0.3, 0.4) is 0 Å². The fraction of sp³-hybridized carbons (Fsp3) is 0.417. The lowest BCUT2D eigenvalue weighted by Crippen LogP contribution is -2.34. The summed E-state index contributed by atoms with van der Waals surface area (Å²) in [5.74, 6) is 0.649. The zero-order valence-corrected chi connectivity index (χ0v) is 19.1. The molecule has 2 aromatic carbocycles. The van der Waals surface area contributed by atoms with Crippen molar-refractivity contribution in [3.8, 4) is 11.5 Å². The molecule has 1 unspecified atom stereocenters. The lowest BCUT2D eigenvalue weighted by molar-refractivity contribution is 0.0928. The van der Waals surface area contributed by atoms with Crippen LogP contribution in [0.15, 0.2) is 30.3 Å². The zero-order chi connectivity index (χ0) is 22.1. The molecular formula is C24H28O5P. The second-order valence-corrected chi connectivity index (χ2v) is 9.86.